The Labute approximate surface area is 139 Å². The Morgan fingerprint density at radius 3 is 2.33 bits per heavy atom. The topological polar surface area (TPSA) is 172 Å². The quantitative estimate of drug-likeness (QED) is 0.516. The maximum Gasteiger partial charge on any atom is 0.357 e. The predicted molar refractivity (Wildman–Crippen MR) is 85.7 cm³/mol. The third kappa shape index (κ3) is 3.38. The van der Waals surface area contributed by atoms with Crippen LogP contribution in [-0.4, -0.2) is 24.9 Å². The van der Waals surface area contributed by atoms with E-state index in [2.05, 4.69) is 20.9 Å². The molecule has 0 fully saturated rings. The number of phenolic OH excluding ortho intramolecular Hbond substituents is 1. The summed E-state index contributed by atoms with van der Waals surface area (Å²) in [4.78, 5) is 46.5. The molecule has 0 saturated heterocycles. The molecule has 2 rings (SSSR count). The predicted octanol–water partition coefficient (Wildman–Crippen LogP) is 1.52. The van der Waals surface area contributed by atoms with Gasteiger partial charge in [0.15, 0.2) is 0 Å². The van der Waals surface area contributed by atoms with Crippen molar-refractivity contribution in [2.75, 3.05) is 0 Å². The molecule has 124 valence electrons. The SMILES string of the molecule is O=c1[nH]c(/C=C/c2cc(Br)cc([N+](=O)[O-])c2O)c([N+](=O)[O-])c(=O)[nH]1. The first-order chi connectivity index (χ1) is 11.2. The highest BCUT2D eigenvalue weighted by molar-refractivity contribution is 9.10. The van der Waals surface area contributed by atoms with E-state index in [0.717, 1.165) is 18.2 Å². The molecule has 0 aliphatic heterocycles. The number of halogens is 1. The van der Waals surface area contributed by atoms with E-state index < -0.39 is 43.9 Å². The van der Waals surface area contributed by atoms with Crippen LogP contribution in [0.5, 0.6) is 5.75 Å². The lowest BCUT2D eigenvalue weighted by atomic mass is 10.1. The van der Waals surface area contributed by atoms with E-state index in [1.807, 2.05) is 0 Å². The van der Waals surface area contributed by atoms with Crippen molar-refractivity contribution in [3.63, 3.8) is 0 Å². The summed E-state index contributed by atoms with van der Waals surface area (Å²) in [6.07, 6.45) is 2.07. The smallest absolute Gasteiger partial charge is 0.357 e. The molecule has 0 saturated carbocycles. The first-order valence-electron chi connectivity index (χ1n) is 6.06. The molecule has 3 N–H and O–H groups in total. The number of phenols is 1. The third-order valence-electron chi connectivity index (χ3n) is 2.84. The van der Waals surface area contributed by atoms with Gasteiger partial charge in [0.05, 0.1) is 9.85 Å². The van der Waals surface area contributed by atoms with Crippen molar-refractivity contribution >= 4 is 39.5 Å². The molecule has 0 bridgehead atoms. The molecule has 1 aromatic heterocycles. The Morgan fingerprint density at radius 1 is 1.08 bits per heavy atom. The monoisotopic (exact) mass is 398 g/mol. The minimum Gasteiger partial charge on any atom is -0.502 e. The van der Waals surface area contributed by atoms with Crippen LogP contribution in [0.4, 0.5) is 11.4 Å². The number of nitrogens with one attached hydrogen (secondary N) is 2. The Balaban J connectivity index is 2.62. The average molecular weight is 399 g/mol. The first kappa shape index (κ1) is 17.1. The number of nitrogens with zero attached hydrogens (tertiary/aromatic N) is 2. The second-order valence-electron chi connectivity index (χ2n) is 4.38. The molecular formula is C12H7BrN4O7. The Hall–Kier alpha value is -3.28. The summed E-state index contributed by atoms with van der Waals surface area (Å²) in [5.74, 6) is -0.672. The number of aromatic hydroxyl groups is 1. The summed E-state index contributed by atoms with van der Waals surface area (Å²) < 4.78 is 0.278. The molecule has 0 unspecified atom stereocenters. The van der Waals surface area contributed by atoms with E-state index in [1.54, 1.807) is 4.98 Å². The van der Waals surface area contributed by atoms with E-state index in [0.29, 0.717) is 0 Å². The van der Waals surface area contributed by atoms with Gasteiger partial charge in [0.25, 0.3) is 0 Å². The van der Waals surface area contributed by atoms with E-state index in [4.69, 9.17) is 0 Å². The van der Waals surface area contributed by atoms with Gasteiger partial charge in [0.1, 0.15) is 5.69 Å². The van der Waals surface area contributed by atoms with Crippen molar-refractivity contribution in [2.45, 2.75) is 0 Å². The number of nitro benzene ring substituents is 1. The molecule has 0 amide bonds. The molecule has 0 spiro atoms. The van der Waals surface area contributed by atoms with Gasteiger partial charge < -0.3 is 10.1 Å². The first-order valence-corrected chi connectivity index (χ1v) is 6.86. The average Bonchev–Trinajstić information content (AvgIpc) is 2.46. The van der Waals surface area contributed by atoms with Gasteiger partial charge in [-0.15, -0.1) is 0 Å². The highest BCUT2D eigenvalue weighted by Crippen LogP contribution is 2.34. The van der Waals surface area contributed by atoms with Crippen LogP contribution in [0.1, 0.15) is 11.3 Å². The van der Waals surface area contributed by atoms with Crippen LogP contribution in [0.15, 0.2) is 26.2 Å². The number of aromatic nitrogens is 2. The Kier molecular flexibility index (Phi) is 4.59. The van der Waals surface area contributed by atoms with E-state index in [-0.39, 0.29) is 10.0 Å². The van der Waals surface area contributed by atoms with Gasteiger partial charge in [-0.25, -0.2) is 4.79 Å². The molecule has 0 radical (unpaired) electrons. The van der Waals surface area contributed by atoms with Crippen LogP contribution in [0.2, 0.25) is 0 Å². The lowest BCUT2D eigenvalue weighted by Gasteiger charge is -2.02. The van der Waals surface area contributed by atoms with Crippen molar-refractivity contribution in [3.05, 3.63) is 68.9 Å². The molecule has 0 atom stereocenters. The van der Waals surface area contributed by atoms with Gasteiger partial charge in [-0.05, 0) is 18.2 Å². The highest BCUT2D eigenvalue weighted by Gasteiger charge is 2.20. The summed E-state index contributed by atoms with van der Waals surface area (Å²) in [6, 6.07) is 2.39. The Bertz CT molecular complexity index is 992. The third-order valence-corrected chi connectivity index (χ3v) is 3.30. The summed E-state index contributed by atoms with van der Waals surface area (Å²) >= 11 is 3.03. The maximum absolute atomic E-state index is 11.5. The molecular weight excluding hydrogens is 392 g/mol. The van der Waals surface area contributed by atoms with Gasteiger partial charge in [-0.2, -0.15) is 0 Å². The summed E-state index contributed by atoms with van der Waals surface area (Å²) in [6.45, 7) is 0. The van der Waals surface area contributed by atoms with Gasteiger partial charge in [0, 0.05) is 16.1 Å². The lowest BCUT2D eigenvalue weighted by molar-refractivity contribution is -0.386. The number of nitro groups is 2. The summed E-state index contributed by atoms with van der Waals surface area (Å²) in [5, 5.41) is 31.6. The minimum absolute atomic E-state index is 0.0495. The van der Waals surface area contributed by atoms with Crippen LogP contribution in [0, 0.1) is 20.2 Å². The van der Waals surface area contributed by atoms with E-state index in [1.165, 1.54) is 6.07 Å². The highest BCUT2D eigenvalue weighted by atomic mass is 79.9. The molecule has 0 aliphatic rings. The van der Waals surface area contributed by atoms with Crippen molar-refractivity contribution in [1.82, 2.24) is 9.97 Å². The number of hydrogen-bond acceptors (Lipinski definition) is 7. The zero-order valence-corrected chi connectivity index (χ0v) is 13.1. The van der Waals surface area contributed by atoms with Crippen molar-refractivity contribution < 1.29 is 15.0 Å². The number of hydrogen-bond donors (Lipinski definition) is 3. The normalized spacial score (nSPS) is 10.9. The van der Waals surface area contributed by atoms with Gasteiger partial charge >= 0.3 is 22.6 Å². The fourth-order valence-corrected chi connectivity index (χ4v) is 2.31. The number of benzene rings is 1. The summed E-state index contributed by atoms with van der Waals surface area (Å²) in [7, 11) is 0. The van der Waals surface area contributed by atoms with Gasteiger partial charge in [-0.1, -0.05) is 15.9 Å². The van der Waals surface area contributed by atoms with Crippen molar-refractivity contribution in [2.24, 2.45) is 0 Å². The van der Waals surface area contributed by atoms with Crippen molar-refractivity contribution in [3.8, 4) is 5.75 Å². The fourth-order valence-electron chi connectivity index (χ4n) is 1.84. The van der Waals surface area contributed by atoms with Crippen molar-refractivity contribution in [1.29, 1.82) is 0 Å². The van der Waals surface area contributed by atoms with Crippen LogP contribution in [-0.2, 0) is 0 Å². The number of aromatic amines is 2. The standard InChI is InChI=1S/C12H7BrN4O7/c13-6-3-5(10(18)8(4-6)16(21)22)1-2-7-9(17(23)24)11(19)15-12(20)14-7/h1-4,18H,(H2,14,15,19,20)/b2-1+. The zero-order valence-electron chi connectivity index (χ0n) is 11.5. The zero-order chi connectivity index (χ0) is 18.0. The molecule has 12 heteroatoms. The number of rotatable bonds is 4. The summed E-state index contributed by atoms with van der Waals surface area (Å²) in [5.41, 5.74) is -4.13. The van der Waals surface area contributed by atoms with E-state index in [9.17, 15) is 34.9 Å². The number of H-pyrrole nitrogens is 2. The molecule has 1 aromatic carbocycles. The van der Waals surface area contributed by atoms with Crippen LogP contribution < -0.4 is 11.2 Å². The second kappa shape index (κ2) is 6.45. The largest absolute Gasteiger partial charge is 0.502 e. The van der Waals surface area contributed by atoms with Crippen LogP contribution in [0.25, 0.3) is 12.2 Å². The molecule has 11 nitrogen and oxygen atoms in total. The van der Waals surface area contributed by atoms with Gasteiger partial charge in [-0.3, -0.25) is 30.0 Å². The molecule has 1 heterocycles. The fraction of sp³-hybridized carbons (Fsp3) is 0. The molecule has 0 aliphatic carbocycles. The van der Waals surface area contributed by atoms with Gasteiger partial charge in [0.2, 0.25) is 5.75 Å². The second-order valence-corrected chi connectivity index (χ2v) is 5.30. The molecule has 2 aromatic rings. The Morgan fingerprint density at radius 2 is 1.75 bits per heavy atom. The van der Waals surface area contributed by atoms with Crippen LogP contribution in [0.3, 0.4) is 0 Å². The lowest BCUT2D eigenvalue weighted by Crippen LogP contribution is -2.25. The molecule has 24 heavy (non-hydrogen) atoms. The maximum atomic E-state index is 11.5. The van der Waals surface area contributed by atoms with Crippen LogP contribution >= 0.6 is 15.9 Å². The minimum atomic E-state index is -1.20. The van der Waals surface area contributed by atoms with E-state index >= 15 is 0 Å².